The van der Waals surface area contributed by atoms with Gasteiger partial charge in [0.1, 0.15) is 0 Å². The van der Waals surface area contributed by atoms with E-state index >= 15 is 0 Å². The molecule has 1 aromatic carbocycles. The molecule has 1 saturated carbocycles. The molecule has 1 aromatic rings. The number of hydrogen-bond donors (Lipinski definition) is 3. The monoisotopic (exact) mass is 452 g/mol. The predicted molar refractivity (Wildman–Crippen MR) is 127 cm³/mol. The molecule has 0 radical (unpaired) electrons. The van der Waals surface area contributed by atoms with Gasteiger partial charge < -0.3 is 15.3 Å². The van der Waals surface area contributed by atoms with Crippen molar-refractivity contribution in [2.45, 2.75) is 108 Å². The van der Waals surface area contributed by atoms with E-state index in [4.69, 9.17) is 16.7 Å². The Bertz CT molecular complexity index is 667. The van der Waals surface area contributed by atoms with Gasteiger partial charge >= 0.3 is 5.97 Å². The Hall–Kier alpha value is -1.10. The van der Waals surface area contributed by atoms with Crippen LogP contribution in [0, 0.1) is 11.3 Å². The van der Waals surface area contributed by atoms with Crippen LogP contribution < -0.4 is 0 Å². The zero-order valence-electron chi connectivity index (χ0n) is 19.4. The van der Waals surface area contributed by atoms with Gasteiger partial charge in [0, 0.05) is 17.7 Å². The van der Waals surface area contributed by atoms with Gasteiger partial charge in [0.05, 0.1) is 12.2 Å². The summed E-state index contributed by atoms with van der Waals surface area (Å²) in [5.41, 5.74) is 2.31. The summed E-state index contributed by atoms with van der Waals surface area (Å²) in [5, 5.41) is 29.9. The average molecular weight is 453 g/mol. The number of rotatable bonds is 12. The van der Waals surface area contributed by atoms with Crippen molar-refractivity contribution in [1.82, 2.24) is 0 Å². The van der Waals surface area contributed by atoms with Gasteiger partial charge in [-0.3, -0.25) is 4.79 Å². The minimum absolute atomic E-state index is 0.0219. The maximum atomic E-state index is 10.7. The minimum atomic E-state index is -0.734. The van der Waals surface area contributed by atoms with E-state index in [-0.39, 0.29) is 29.0 Å². The minimum Gasteiger partial charge on any atom is -0.481 e. The number of carbonyl (C=O) groups is 1. The largest absolute Gasteiger partial charge is 0.481 e. The molecule has 1 fully saturated rings. The third kappa shape index (κ3) is 8.75. The van der Waals surface area contributed by atoms with Crippen LogP contribution in [0.4, 0.5) is 0 Å². The molecular weight excluding hydrogens is 412 g/mol. The number of unbranched alkanes of at least 4 members (excludes halogenated alkanes) is 3. The lowest BCUT2D eigenvalue weighted by atomic mass is 9.83. The zero-order chi connectivity index (χ0) is 23.0. The second-order valence-corrected chi connectivity index (χ2v) is 11.1. The normalized spacial score (nSPS) is 25.0. The summed E-state index contributed by atoms with van der Waals surface area (Å²) in [5.74, 6) is -0.491. The second-order valence-electron chi connectivity index (χ2n) is 10.5. The molecule has 0 aromatic heterocycles. The van der Waals surface area contributed by atoms with Gasteiger partial charge in [-0.1, -0.05) is 70.7 Å². The van der Waals surface area contributed by atoms with E-state index in [0.29, 0.717) is 6.42 Å². The van der Waals surface area contributed by atoms with Crippen molar-refractivity contribution < 1.29 is 20.1 Å². The van der Waals surface area contributed by atoms with Crippen LogP contribution in [0.1, 0.15) is 108 Å². The molecule has 0 spiro atoms. The Morgan fingerprint density at radius 3 is 2.35 bits per heavy atom. The molecule has 4 nitrogen and oxygen atoms in total. The van der Waals surface area contributed by atoms with Crippen molar-refractivity contribution >= 4 is 17.6 Å². The third-order valence-electron chi connectivity index (χ3n) is 6.60. The van der Waals surface area contributed by atoms with Gasteiger partial charge in [0.25, 0.3) is 0 Å². The summed E-state index contributed by atoms with van der Waals surface area (Å²) >= 11 is 6.60. The summed E-state index contributed by atoms with van der Waals surface area (Å²) in [7, 11) is 0. The van der Waals surface area contributed by atoms with E-state index < -0.39 is 18.2 Å². The van der Waals surface area contributed by atoms with Crippen LogP contribution in [0.5, 0.6) is 0 Å². The van der Waals surface area contributed by atoms with Crippen molar-refractivity contribution in [1.29, 1.82) is 0 Å². The summed E-state index contributed by atoms with van der Waals surface area (Å²) in [6.45, 7) is 6.66. The maximum absolute atomic E-state index is 10.7. The van der Waals surface area contributed by atoms with Crippen molar-refractivity contribution in [3.05, 3.63) is 35.4 Å². The molecule has 31 heavy (non-hydrogen) atoms. The number of carboxylic acids is 1. The lowest BCUT2D eigenvalue weighted by Crippen LogP contribution is -2.19. The fourth-order valence-corrected chi connectivity index (χ4v) is 5.30. The molecule has 0 amide bonds. The van der Waals surface area contributed by atoms with E-state index in [9.17, 15) is 15.0 Å². The predicted octanol–water partition coefficient (Wildman–Crippen LogP) is 6.43. The van der Waals surface area contributed by atoms with Crippen LogP contribution in [-0.4, -0.2) is 32.8 Å². The highest BCUT2D eigenvalue weighted by Gasteiger charge is 2.41. The highest BCUT2D eigenvalue weighted by atomic mass is 35.5. The summed E-state index contributed by atoms with van der Waals surface area (Å²) in [6, 6.07) is 8.08. The molecule has 0 heterocycles. The Labute approximate surface area is 193 Å². The Balaban J connectivity index is 1.90. The van der Waals surface area contributed by atoms with Crippen LogP contribution in [0.15, 0.2) is 24.3 Å². The fourth-order valence-electron chi connectivity index (χ4n) is 4.83. The summed E-state index contributed by atoms with van der Waals surface area (Å²) in [6.07, 6.45) is 7.37. The number of carboxylic acid groups (broad SMARTS) is 1. The molecule has 0 bridgehead atoms. The number of halogens is 1. The van der Waals surface area contributed by atoms with E-state index in [2.05, 4.69) is 20.8 Å². The van der Waals surface area contributed by atoms with Crippen molar-refractivity contribution in [2.24, 2.45) is 11.3 Å². The van der Waals surface area contributed by atoms with Gasteiger partial charge in [-0.25, -0.2) is 0 Å². The molecule has 0 saturated heterocycles. The summed E-state index contributed by atoms with van der Waals surface area (Å²) in [4.78, 5) is 10.6. The van der Waals surface area contributed by atoms with Crippen LogP contribution in [-0.2, 0) is 4.79 Å². The number of aliphatic hydroxyl groups is 2. The molecule has 176 valence electrons. The number of aliphatic carboxylic acids is 1. The standard InChI is InChI=1S/C26H41ClO4/c1-26(2,3)16-8-10-22(28)18-12-14-19(15-13-18)25-20(21(27)17-23(25)29)9-6-4-5-7-11-24(30)31/h12-15,20-23,25,28-29H,4-11,16-17H2,1-3H3,(H,30,31). The molecule has 3 N–H and O–H groups in total. The lowest BCUT2D eigenvalue weighted by Gasteiger charge is -2.24. The van der Waals surface area contributed by atoms with Gasteiger partial charge in [0.2, 0.25) is 0 Å². The summed E-state index contributed by atoms with van der Waals surface area (Å²) < 4.78 is 0. The maximum Gasteiger partial charge on any atom is 0.303 e. The van der Waals surface area contributed by atoms with Gasteiger partial charge in [-0.15, -0.1) is 11.6 Å². The van der Waals surface area contributed by atoms with Gasteiger partial charge in [-0.05, 0) is 54.6 Å². The quantitative estimate of drug-likeness (QED) is 0.252. The molecule has 1 aliphatic carbocycles. The first-order valence-electron chi connectivity index (χ1n) is 11.9. The smallest absolute Gasteiger partial charge is 0.303 e. The molecule has 0 aliphatic heterocycles. The average Bonchev–Trinajstić information content (AvgIpc) is 2.96. The topological polar surface area (TPSA) is 77.8 Å². The van der Waals surface area contributed by atoms with Crippen LogP contribution in [0.25, 0.3) is 0 Å². The van der Waals surface area contributed by atoms with E-state index in [1.165, 1.54) is 0 Å². The number of hydrogen-bond acceptors (Lipinski definition) is 3. The first-order valence-corrected chi connectivity index (χ1v) is 12.3. The Morgan fingerprint density at radius 1 is 1.10 bits per heavy atom. The van der Waals surface area contributed by atoms with E-state index in [1.807, 2.05) is 24.3 Å². The molecular formula is C26H41ClO4. The highest BCUT2D eigenvalue weighted by molar-refractivity contribution is 6.21. The van der Waals surface area contributed by atoms with Crippen LogP contribution in [0.3, 0.4) is 0 Å². The van der Waals surface area contributed by atoms with E-state index in [1.54, 1.807) is 0 Å². The Kier molecular flexibility index (Phi) is 10.3. The molecule has 1 aliphatic rings. The van der Waals surface area contributed by atoms with Crippen LogP contribution >= 0.6 is 11.6 Å². The first kappa shape index (κ1) is 26.2. The Morgan fingerprint density at radius 2 is 1.74 bits per heavy atom. The van der Waals surface area contributed by atoms with Crippen molar-refractivity contribution in [3.8, 4) is 0 Å². The SMILES string of the molecule is CC(C)(C)CCCC(O)c1ccc(C2C(O)CC(Cl)C2CCCCCCC(=O)O)cc1. The van der Waals surface area contributed by atoms with E-state index in [0.717, 1.165) is 62.5 Å². The second kappa shape index (κ2) is 12.2. The zero-order valence-corrected chi connectivity index (χ0v) is 20.2. The molecule has 5 unspecified atom stereocenters. The lowest BCUT2D eigenvalue weighted by molar-refractivity contribution is -0.137. The van der Waals surface area contributed by atoms with Gasteiger partial charge in [-0.2, -0.15) is 0 Å². The van der Waals surface area contributed by atoms with Crippen LogP contribution in [0.2, 0.25) is 0 Å². The molecule has 2 rings (SSSR count). The number of alkyl halides is 1. The first-order chi connectivity index (χ1) is 14.6. The third-order valence-corrected chi connectivity index (χ3v) is 7.10. The molecule has 5 heteroatoms. The number of benzene rings is 1. The van der Waals surface area contributed by atoms with Crippen molar-refractivity contribution in [3.63, 3.8) is 0 Å². The van der Waals surface area contributed by atoms with Crippen molar-refractivity contribution in [2.75, 3.05) is 0 Å². The number of aliphatic hydroxyl groups excluding tert-OH is 2. The highest BCUT2D eigenvalue weighted by Crippen LogP contribution is 2.45. The fraction of sp³-hybridized carbons (Fsp3) is 0.731. The van der Waals surface area contributed by atoms with Gasteiger partial charge in [0.15, 0.2) is 0 Å². The molecule has 5 atom stereocenters.